The van der Waals surface area contributed by atoms with E-state index in [0.29, 0.717) is 12.3 Å². The van der Waals surface area contributed by atoms with Crippen molar-refractivity contribution in [3.8, 4) is 0 Å². The average molecular weight is 290 g/mol. The van der Waals surface area contributed by atoms with Crippen LogP contribution in [0.2, 0.25) is 0 Å². The van der Waals surface area contributed by atoms with Crippen LogP contribution < -0.4 is 4.90 Å². The summed E-state index contributed by atoms with van der Waals surface area (Å²) in [7, 11) is 4.10. The molecule has 0 atom stereocenters. The molecule has 0 aromatic heterocycles. The van der Waals surface area contributed by atoms with Gasteiger partial charge in [-0.1, -0.05) is 12.1 Å². The van der Waals surface area contributed by atoms with E-state index in [-0.39, 0.29) is 0 Å². The van der Waals surface area contributed by atoms with Gasteiger partial charge in [0.25, 0.3) is 0 Å². The minimum absolute atomic E-state index is 0.316. The Morgan fingerprint density at radius 2 is 1.86 bits per heavy atom. The lowest BCUT2D eigenvalue weighted by Gasteiger charge is -2.31. The molecule has 1 heterocycles. The van der Waals surface area contributed by atoms with E-state index in [2.05, 4.69) is 48.2 Å². The summed E-state index contributed by atoms with van der Waals surface area (Å²) in [5.74, 6) is -0.0770. The summed E-state index contributed by atoms with van der Waals surface area (Å²) in [4.78, 5) is 15.2. The molecule has 4 nitrogen and oxygen atoms in total. The second kappa shape index (κ2) is 7.46. The Morgan fingerprint density at radius 1 is 1.24 bits per heavy atom. The van der Waals surface area contributed by atoms with Gasteiger partial charge in [0.15, 0.2) is 0 Å². The molecule has 1 aromatic rings. The molecule has 1 aliphatic rings. The zero-order chi connectivity index (χ0) is 15.2. The molecular formula is C17H26N2O2. The highest BCUT2D eigenvalue weighted by Crippen LogP contribution is 2.23. The monoisotopic (exact) mass is 290 g/mol. The lowest BCUT2D eigenvalue weighted by atomic mass is 9.92. The van der Waals surface area contributed by atoms with Gasteiger partial charge in [-0.05, 0) is 56.0 Å². The fourth-order valence-electron chi connectivity index (χ4n) is 2.92. The summed E-state index contributed by atoms with van der Waals surface area (Å²) in [6, 6.07) is 8.72. The fraction of sp³-hybridized carbons (Fsp3) is 0.588. The van der Waals surface area contributed by atoms with Crippen LogP contribution in [0.4, 0.5) is 5.69 Å². The molecule has 0 saturated carbocycles. The Morgan fingerprint density at radius 3 is 2.38 bits per heavy atom. The van der Waals surface area contributed by atoms with Crippen LogP contribution in [0.3, 0.4) is 0 Å². The number of carboxylic acid groups (broad SMARTS) is 1. The molecule has 4 heteroatoms. The third-order valence-corrected chi connectivity index (χ3v) is 4.33. The zero-order valence-corrected chi connectivity index (χ0v) is 13.1. The number of carboxylic acids is 1. The molecule has 0 spiro atoms. The third kappa shape index (κ3) is 5.05. The Bertz CT molecular complexity index is 448. The lowest BCUT2D eigenvalue weighted by molar-refractivity contribution is -0.137. The number of nitrogens with zero attached hydrogens (tertiary/aromatic N) is 2. The van der Waals surface area contributed by atoms with E-state index in [1.807, 2.05) is 0 Å². The molecule has 21 heavy (non-hydrogen) atoms. The molecular weight excluding hydrogens is 264 g/mol. The van der Waals surface area contributed by atoms with Crippen molar-refractivity contribution in [2.45, 2.75) is 32.2 Å². The Balaban J connectivity index is 1.76. The normalized spacial score (nSPS) is 16.9. The number of aliphatic carboxylic acids is 1. The number of anilines is 1. The van der Waals surface area contributed by atoms with Crippen molar-refractivity contribution in [3.63, 3.8) is 0 Å². The van der Waals surface area contributed by atoms with Crippen LogP contribution in [0.1, 0.15) is 31.2 Å². The van der Waals surface area contributed by atoms with Crippen LogP contribution in [0.15, 0.2) is 24.3 Å². The average Bonchev–Trinajstić information content (AvgIpc) is 2.47. The van der Waals surface area contributed by atoms with E-state index in [1.54, 1.807) is 0 Å². The van der Waals surface area contributed by atoms with Gasteiger partial charge in [0, 0.05) is 32.7 Å². The van der Waals surface area contributed by atoms with Crippen molar-refractivity contribution in [1.82, 2.24) is 4.90 Å². The quantitative estimate of drug-likeness (QED) is 0.875. The van der Waals surface area contributed by atoms with E-state index in [1.165, 1.54) is 11.3 Å². The van der Waals surface area contributed by atoms with Crippen molar-refractivity contribution in [2.24, 2.45) is 5.92 Å². The molecule has 1 saturated heterocycles. The van der Waals surface area contributed by atoms with Crippen LogP contribution in [0.25, 0.3) is 0 Å². The van der Waals surface area contributed by atoms with Gasteiger partial charge in [0.05, 0.1) is 0 Å². The topological polar surface area (TPSA) is 43.8 Å². The SMILES string of the molecule is CN(C)c1ccc(CN2CCC(CCC(=O)O)CC2)cc1. The van der Waals surface area contributed by atoms with Crippen molar-refractivity contribution >= 4 is 11.7 Å². The second-order valence-corrected chi connectivity index (χ2v) is 6.21. The first-order chi connectivity index (χ1) is 10.0. The largest absolute Gasteiger partial charge is 0.481 e. The maximum atomic E-state index is 10.6. The van der Waals surface area contributed by atoms with Crippen LogP contribution in [-0.2, 0) is 11.3 Å². The van der Waals surface area contributed by atoms with Gasteiger partial charge >= 0.3 is 5.97 Å². The van der Waals surface area contributed by atoms with Gasteiger partial charge in [-0.3, -0.25) is 9.69 Å². The van der Waals surface area contributed by atoms with Crippen LogP contribution in [-0.4, -0.2) is 43.2 Å². The molecule has 0 radical (unpaired) electrons. The van der Waals surface area contributed by atoms with Crippen LogP contribution in [0, 0.1) is 5.92 Å². The molecule has 1 aromatic carbocycles. The Labute approximate surface area is 127 Å². The zero-order valence-electron chi connectivity index (χ0n) is 13.1. The maximum absolute atomic E-state index is 10.6. The van der Waals surface area contributed by atoms with E-state index in [0.717, 1.165) is 38.9 Å². The van der Waals surface area contributed by atoms with Crippen molar-refractivity contribution in [1.29, 1.82) is 0 Å². The standard InChI is InChI=1S/C17H26N2O2/c1-18(2)16-6-3-15(4-7-16)13-19-11-9-14(10-12-19)5-8-17(20)21/h3-4,6-7,14H,5,8-13H2,1-2H3,(H,20,21). The highest BCUT2D eigenvalue weighted by Gasteiger charge is 2.19. The summed E-state index contributed by atoms with van der Waals surface area (Å²) in [5.41, 5.74) is 2.58. The highest BCUT2D eigenvalue weighted by atomic mass is 16.4. The number of hydrogen-bond acceptors (Lipinski definition) is 3. The summed E-state index contributed by atoms with van der Waals surface area (Å²) in [6.45, 7) is 3.17. The highest BCUT2D eigenvalue weighted by molar-refractivity contribution is 5.66. The smallest absolute Gasteiger partial charge is 0.303 e. The first-order valence-corrected chi connectivity index (χ1v) is 7.75. The van der Waals surface area contributed by atoms with Gasteiger partial charge in [-0.25, -0.2) is 0 Å². The number of piperidine rings is 1. The Kier molecular flexibility index (Phi) is 5.62. The van der Waals surface area contributed by atoms with Gasteiger partial charge in [-0.15, -0.1) is 0 Å². The Hall–Kier alpha value is -1.55. The minimum Gasteiger partial charge on any atom is -0.481 e. The molecule has 116 valence electrons. The molecule has 1 N–H and O–H groups in total. The molecule has 2 rings (SSSR count). The molecule has 0 amide bonds. The van der Waals surface area contributed by atoms with Crippen LogP contribution in [0.5, 0.6) is 0 Å². The molecule has 0 bridgehead atoms. The predicted molar refractivity (Wildman–Crippen MR) is 85.6 cm³/mol. The summed E-state index contributed by atoms with van der Waals surface area (Å²) in [6.07, 6.45) is 3.41. The number of hydrogen-bond donors (Lipinski definition) is 1. The van der Waals surface area contributed by atoms with Crippen molar-refractivity contribution in [2.75, 3.05) is 32.1 Å². The molecule has 1 fully saturated rings. The number of carbonyl (C=O) groups is 1. The van der Waals surface area contributed by atoms with E-state index < -0.39 is 5.97 Å². The van der Waals surface area contributed by atoms with Crippen molar-refractivity contribution in [3.05, 3.63) is 29.8 Å². The summed E-state index contributed by atoms with van der Waals surface area (Å²) >= 11 is 0. The third-order valence-electron chi connectivity index (χ3n) is 4.33. The number of rotatable bonds is 6. The molecule has 0 unspecified atom stereocenters. The summed E-state index contributed by atoms with van der Waals surface area (Å²) in [5, 5.41) is 8.74. The van der Waals surface area contributed by atoms with Crippen molar-refractivity contribution < 1.29 is 9.90 Å². The van der Waals surface area contributed by atoms with Gasteiger partial charge < -0.3 is 10.0 Å². The predicted octanol–water partition coefficient (Wildman–Crippen LogP) is 2.83. The number of likely N-dealkylation sites (tertiary alicyclic amines) is 1. The fourth-order valence-corrected chi connectivity index (χ4v) is 2.92. The number of benzene rings is 1. The molecule has 1 aliphatic heterocycles. The van der Waals surface area contributed by atoms with Crippen LogP contribution >= 0.6 is 0 Å². The minimum atomic E-state index is -0.668. The molecule has 0 aliphatic carbocycles. The maximum Gasteiger partial charge on any atom is 0.303 e. The van der Waals surface area contributed by atoms with E-state index in [4.69, 9.17) is 5.11 Å². The summed E-state index contributed by atoms with van der Waals surface area (Å²) < 4.78 is 0. The van der Waals surface area contributed by atoms with Gasteiger partial charge in [0.1, 0.15) is 0 Å². The van der Waals surface area contributed by atoms with Gasteiger partial charge in [0.2, 0.25) is 0 Å². The van der Waals surface area contributed by atoms with E-state index >= 15 is 0 Å². The van der Waals surface area contributed by atoms with Gasteiger partial charge in [-0.2, -0.15) is 0 Å². The first-order valence-electron chi connectivity index (χ1n) is 7.75. The lowest BCUT2D eigenvalue weighted by Crippen LogP contribution is -2.33. The van der Waals surface area contributed by atoms with E-state index in [9.17, 15) is 4.79 Å². The second-order valence-electron chi connectivity index (χ2n) is 6.21. The first kappa shape index (κ1) is 15.8.